The highest BCUT2D eigenvalue weighted by Crippen LogP contribution is 2.33. The molecule has 7 nitrogen and oxygen atoms in total. The van der Waals surface area contributed by atoms with Gasteiger partial charge in [-0.2, -0.15) is 18.3 Å². The van der Waals surface area contributed by atoms with Crippen LogP contribution in [0.3, 0.4) is 0 Å². The molecule has 0 saturated carbocycles. The van der Waals surface area contributed by atoms with Crippen molar-refractivity contribution in [2.75, 3.05) is 12.4 Å². The van der Waals surface area contributed by atoms with Gasteiger partial charge in [0.15, 0.2) is 0 Å². The Morgan fingerprint density at radius 1 is 1.17 bits per heavy atom. The van der Waals surface area contributed by atoms with Crippen LogP contribution in [0.1, 0.15) is 24.0 Å². The number of rotatable bonds is 7. The molecule has 2 aromatic carbocycles. The molecule has 0 aliphatic heterocycles. The van der Waals surface area contributed by atoms with E-state index in [1.807, 2.05) is 0 Å². The predicted octanol–water partition coefficient (Wildman–Crippen LogP) is 3.94. The van der Waals surface area contributed by atoms with E-state index >= 15 is 0 Å². The molecule has 0 unspecified atom stereocenters. The Morgan fingerprint density at radius 3 is 2.53 bits per heavy atom. The van der Waals surface area contributed by atoms with E-state index in [9.17, 15) is 27.9 Å². The lowest BCUT2D eigenvalue weighted by Gasteiger charge is -2.11. The summed E-state index contributed by atoms with van der Waals surface area (Å²) in [7, 11) is 1.45. The highest BCUT2D eigenvalue weighted by molar-refractivity contribution is 6.33. The fourth-order valence-electron chi connectivity index (χ4n) is 2.23. The number of alkyl halides is 3. The van der Waals surface area contributed by atoms with Gasteiger partial charge in [-0.1, -0.05) is 11.6 Å². The van der Waals surface area contributed by atoms with E-state index in [1.165, 1.54) is 25.5 Å². The van der Waals surface area contributed by atoms with Gasteiger partial charge < -0.3 is 15.2 Å². The maximum Gasteiger partial charge on any atom is 0.416 e. The lowest BCUT2D eigenvalue weighted by molar-refractivity contribution is -0.137. The number of halogens is 4. The second-order valence-electron chi connectivity index (χ2n) is 5.96. The van der Waals surface area contributed by atoms with Crippen LogP contribution in [0.15, 0.2) is 41.5 Å². The van der Waals surface area contributed by atoms with Crippen molar-refractivity contribution in [1.29, 1.82) is 0 Å². The van der Waals surface area contributed by atoms with Crippen molar-refractivity contribution in [3.8, 4) is 11.5 Å². The van der Waals surface area contributed by atoms with Crippen molar-refractivity contribution >= 4 is 35.3 Å². The topological polar surface area (TPSA) is 100 Å². The smallest absolute Gasteiger partial charge is 0.416 e. The van der Waals surface area contributed by atoms with E-state index in [4.69, 9.17) is 16.3 Å². The monoisotopic (exact) mass is 443 g/mol. The molecule has 30 heavy (non-hydrogen) atoms. The lowest BCUT2D eigenvalue weighted by atomic mass is 10.2. The Labute approximate surface area is 174 Å². The number of carbonyl (C=O) groups excluding carboxylic acids is 2. The number of ether oxygens (including phenoxy) is 1. The maximum absolute atomic E-state index is 12.8. The van der Waals surface area contributed by atoms with Crippen LogP contribution < -0.4 is 15.5 Å². The first-order valence-electron chi connectivity index (χ1n) is 8.45. The molecular weight excluding hydrogens is 427 g/mol. The number of nitrogens with zero attached hydrogens (tertiary/aromatic N) is 1. The number of benzene rings is 2. The molecular formula is C19H17ClF3N3O4. The summed E-state index contributed by atoms with van der Waals surface area (Å²) in [6.45, 7) is 0. The fourth-order valence-corrected chi connectivity index (χ4v) is 2.39. The van der Waals surface area contributed by atoms with Crippen molar-refractivity contribution < 1.29 is 32.6 Å². The SMILES string of the molecule is COc1ccc(O)c(C=NNC(=O)CCC(=O)Nc2cc(C(F)(F)F)ccc2Cl)c1. The quantitative estimate of drug-likeness (QED) is 0.445. The van der Waals surface area contributed by atoms with Crippen LogP contribution in [-0.4, -0.2) is 30.2 Å². The first-order valence-corrected chi connectivity index (χ1v) is 8.83. The molecule has 2 rings (SSSR count). The van der Waals surface area contributed by atoms with Gasteiger partial charge in [-0.3, -0.25) is 9.59 Å². The van der Waals surface area contributed by atoms with Crippen molar-refractivity contribution in [2.45, 2.75) is 19.0 Å². The van der Waals surface area contributed by atoms with Gasteiger partial charge in [-0.05, 0) is 36.4 Å². The van der Waals surface area contributed by atoms with E-state index in [2.05, 4.69) is 15.8 Å². The number of nitrogens with one attached hydrogen (secondary N) is 2. The zero-order chi connectivity index (χ0) is 22.3. The first kappa shape index (κ1) is 23.0. The third kappa shape index (κ3) is 6.66. The summed E-state index contributed by atoms with van der Waals surface area (Å²) in [5.41, 5.74) is 1.31. The second kappa shape index (κ2) is 9.97. The number of anilines is 1. The molecule has 0 aliphatic rings. The summed E-state index contributed by atoms with van der Waals surface area (Å²) in [4.78, 5) is 23.7. The van der Waals surface area contributed by atoms with Gasteiger partial charge in [0, 0.05) is 18.4 Å². The number of phenols is 1. The minimum Gasteiger partial charge on any atom is -0.507 e. The zero-order valence-corrected chi connectivity index (χ0v) is 16.3. The molecule has 160 valence electrons. The molecule has 0 heterocycles. The molecule has 0 aromatic heterocycles. The minimum absolute atomic E-state index is 0.0662. The van der Waals surface area contributed by atoms with Gasteiger partial charge in [0.05, 0.1) is 29.6 Å². The first-order chi connectivity index (χ1) is 14.1. The van der Waals surface area contributed by atoms with Crippen LogP contribution in [-0.2, 0) is 15.8 Å². The number of carbonyl (C=O) groups is 2. The summed E-state index contributed by atoms with van der Waals surface area (Å²) in [5.74, 6) is -0.906. The molecule has 0 spiro atoms. The lowest BCUT2D eigenvalue weighted by Crippen LogP contribution is -2.21. The van der Waals surface area contributed by atoms with Gasteiger partial charge in [-0.25, -0.2) is 5.43 Å². The molecule has 0 radical (unpaired) electrons. The number of hydrogen-bond acceptors (Lipinski definition) is 5. The number of hydrazone groups is 1. The van der Waals surface area contributed by atoms with Crippen LogP contribution in [0.4, 0.5) is 18.9 Å². The average molecular weight is 444 g/mol. The van der Waals surface area contributed by atoms with Gasteiger partial charge in [0.2, 0.25) is 11.8 Å². The van der Waals surface area contributed by atoms with Crippen molar-refractivity contribution in [3.05, 3.63) is 52.5 Å². The molecule has 0 atom stereocenters. The zero-order valence-electron chi connectivity index (χ0n) is 15.6. The van der Waals surface area contributed by atoms with Gasteiger partial charge in [0.25, 0.3) is 0 Å². The summed E-state index contributed by atoms with van der Waals surface area (Å²) in [5, 5.41) is 15.6. The Hall–Kier alpha value is -3.27. The van der Waals surface area contributed by atoms with Gasteiger partial charge in [0.1, 0.15) is 11.5 Å². The van der Waals surface area contributed by atoms with Crippen LogP contribution in [0.2, 0.25) is 5.02 Å². The molecule has 0 aliphatic carbocycles. The second-order valence-corrected chi connectivity index (χ2v) is 6.37. The highest BCUT2D eigenvalue weighted by atomic mass is 35.5. The number of amides is 2. The fraction of sp³-hybridized carbons (Fsp3) is 0.211. The highest BCUT2D eigenvalue weighted by Gasteiger charge is 2.31. The van der Waals surface area contributed by atoms with Crippen molar-refractivity contribution in [2.24, 2.45) is 5.10 Å². The molecule has 0 bridgehead atoms. The summed E-state index contributed by atoms with van der Waals surface area (Å²) >= 11 is 5.80. The largest absolute Gasteiger partial charge is 0.507 e. The molecule has 2 aromatic rings. The van der Waals surface area contributed by atoms with Crippen LogP contribution in [0.25, 0.3) is 0 Å². The van der Waals surface area contributed by atoms with Crippen LogP contribution in [0.5, 0.6) is 11.5 Å². The molecule has 3 N–H and O–H groups in total. The Balaban J connectivity index is 1.87. The normalized spacial score (nSPS) is 11.4. The Morgan fingerprint density at radius 2 is 1.87 bits per heavy atom. The van der Waals surface area contributed by atoms with Crippen molar-refractivity contribution in [3.63, 3.8) is 0 Å². The van der Waals surface area contributed by atoms with Crippen molar-refractivity contribution in [1.82, 2.24) is 5.43 Å². The van der Waals surface area contributed by atoms with Crippen LogP contribution >= 0.6 is 11.6 Å². The predicted molar refractivity (Wildman–Crippen MR) is 105 cm³/mol. The number of aromatic hydroxyl groups is 1. The third-order valence-electron chi connectivity index (χ3n) is 3.77. The maximum atomic E-state index is 12.8. The Bertz CT molecular complexity index is 965. The van der Waals surface area contributed by atoms with Gasteiger partial charge in [-0.15, -0.1) is 0 Å². The van der Waals surface area contributed by atoms with Gasteiger partial charge >= 0.3 is 6.18 Å². The van der Waals surface area contributed by atoms with E-state index in [1.54, 1.807) is 6.07 Å². The summed E-state index contributed by atoms with van der Waals surface area (Å²) in [6, 6.07) is 6.97. The van der Waals surface area contributed by atoms with E-state index < -0.39 is 23.6 Å². The average Bonchev–Trinajstić information content (AvgIpc) is 2.68. The molecule has 2 amide bonds. The van der Waals surface area contributed by atoms with Crippen LogP contribution in [0, 0.1) is 0 Å². The summed E-state index contributed by atoms with van der Waals surface area (Å²) in [6.07, 6.45) is -3.97. The molecule has 0 fully saturated rings. The third-order valence-corrected chi connectivity index (χ3v) is 4.10. The number of phenolic OH excluding ortho intramolecular Hbond substituents is 1. The number of methoxy groups -OCH3 is 1. The molecule has 11 heteroatoms. The standard InChI is InChI=1S/C19H17ClF3N3O4/c1-30-13-3-5-16(27)11(8-13)10-24-26-18(29)7-6-17(28)25-15-9-12(19(21,22)23)2-4-14(15)20/h2-5,8-10,27H,6-7H2,1H3,(H,25,28)(H,26,29). The van der Waals surface area contributed by atoms with E-state index in [-0.39, 0.29) is 29.3 Å². The number of hydrogen-bond donors (Lipinski definition) is 3. The molecule has 0 saturated heterocycles. The van der Waals surface area contributed by atoms with E-state index in [0.717, 1.165) is 12.1 Å². The minimum atomic E-state index is -4.58. The Kier molecular flexibility index (Phi) is 7.65. The summed E-state index contributed by atoms with van der Waals surface area (Å²) < 4.78 is 43.3. The van der Waals surface area contributed by atoms with E-state index in [0.29, 0.717) is 17.4 Å².